The topological polar surface area (TPSA) is 59.1 Å². The first kappa shape index (κ1) is 23.1. The van der Waals surface area contributed by atoms with E-state index in [1.54, 1.807) is 23.5 Å². The molecule has 0 saturated carbocycles. The third-order valence-electron chi connectivity index (χ3n) is 4.98. The van der Waals surface area contributed by atoms with E-state index in [0.717, 1.165) is 28.4 Å². The van der Waals surface area contributed by atoms with Crippen LogP contribution in [0.4, 0.5) is 0 Å². The van der Waals surface area contributed by atoms with Crippen LogP contribution in [0.3, 0.4) is 0 Å². The highest BCUT2D eigenvalue weighted by Gasteiger charge is 2.28. The van der Waals surface area contributed by atoms with Crippen molar-refractivity contribution in [2.24, 2.45) is 0 Å². The molecule has 2 aromatic rings. The monoisotopic (exact) mass is 514 g/mol. The van der Waals surface area contributed by atoms with E-state index in [1.807, 2.05) is 30.0 Å². The molecule has 162 valence electrons. The number of nitrogens with zero attached hydrogens (tertiary/aromatic N) is 2. The van der Waals surface area contributed by atoms with Crippen molar-refractivity contribution in [2.75, 3.05) is 33.4 Å². The second-order valence-corrected chi connectivity index (χ2v) is 9.89. The summed E-state index contributed by atoms with van der Waals surface area (Å²) >= 11 is 11.0. The van der Waals surface area contributed by atoms with Gasteiger partial charge in [0.1, 0.15) is 5.75 Å². The van der Waals surface area contributed by atoms with Crippen LogP contribution in [-0.4, -0.2) is 61.1 Å². The molecule has 1 aromatic carbocycles. The predicted molar refractivity (Wildman–Crippen MR) is 121 cm³/mol. The maximum atomic E-state index is 12.8. The van der Waals surface area contributed by atoms with Gasteiger partial charge in [-0.05, 0) is 37.3 Å². The highest BCUT2D eigenvalue weighted by atomic mass is 79.9. The van der Waals surface area contributed by atoms with Crippen LogP contribution in [0, 0.1) is 0 Å². The number of carbonyl (C=O) groups is 2. The number of carbonyl (C=O) groups excluding carboxylic acids is 2. The van der Waals surface area contributed by atoms with Gasteiger partial charge in [-0.1, -0.05) is 27.5 Å². The molecule has 1 saturated heterocycles. The van der Waals surface area contributed by atoms with Crippen molar-refractivity contribution in [1.82, 2.24) is 9.80 Å². The number of benzene rings is 1. The summed E-state index contributed by atoms with van der Waals surface area (Å²) in [5.41, 5.74) is 0.677. The van der Waals surface area contributed by atoms with Crippen molar-refractivity contribution < 1.29 is 19.1 Å². The molecule has 1 amide bonds. The SMILES string of the molecule is COC(=O)Cc1cc(Br)ccc1OCC(=O)N1CCN(Cc2ccc(Cl)s2)C[C@H]1C. The molecule has 0 spiro atoms. The zero-order chi connectivity index (χ0) is 21.7. The molecule has 1 fully saturated rings. The Bertz CT molecular complexity index is 907. The molecule has 1 aliphatic rings. The summed E-state index contributed by atoms with van der Waals surface area (Å²) in [6.45, 7) is 5.08. The Hall–Kier alpha value is -1.61. The number of halogens is 2. The van der Waals surface area contributed by atoms with Gasteiger partial charge in [0.25, 0.3) is 5.91 Å². The Morgan fingerprint density at radius 2 is 2.07 bits per heavy atom. The minimum atomic E-state index is -0.360. The van der Waals surface area contributed by atoms with Crippen LogP contribution >= 0.6 is 38.9 Å². The zero-order valence-corrected chi connectivity index (χ0v) is 20.1. The van der Waals surface area contributed by atoms with Gasteiger partial charge in [-0.25, -0.2) is 0 Å². The maximum Gasteiger partial charge on any atom is 0.310 e. The number of hydrogen-bond donors (Lipinski definition) is 0. The third-order valence-corrected chi connectivity index (χ3v) is 6.69. The number of ether oxygens (including phenoxy) is 2. The highest BCUT2D eigenvalue weighted by molar-refractivity contribution is 9.10. The summed E-state index contributed by atoms with van der Waals surface area (Å²) in [5, 5.41) is 0. The van der Waals surface area contributed by atoms with E-state index in [9.17, 15) is 9.59 Å². The van der Waals surface area contributed by atoms with Crippen molar-refractivity contribution in [3.8, 4) is 5.75 Å². The molecule has 1 atom stereocenters. The average Bonchev–Trinajstić information content (AvgIpc) is 3.11. The summed E-state index contributed by atoms with van der Waals surface area (Å²) in [6.07, 6.45) is 0.0846. The molecule has 1 aliphatic heterocycles. The van der Waals surface area contributed by atoms with Crippen LogP contribution in [0.25, 0.3) is 0 Å². The van der Waals surface area contributed by atoms with Crippen LogP contribution in [0.1, 0.15) is 17.4 Å². The van der Waals surface area contributed by atoms with E-state index < -0.39 is 0 Å². The number of amides is 1. The Morgan fingerprint density at radius 3 is 2.73 bits per heavy atom. The van der Waals surface area contributed by atoms with Crippen molar-refractivity contribution in [3.63, 3.8) is 0 Å². The minimum Gasteiger partial charge on any atom is -0.483 e. The van der Waals surface area contributed by atoms with Gasteiger partial charge in [-0.2, -0.15) is 0 Å². The molecule has 0 N–H and O–H groups in total. The number of thiophene rings is 1. The summed E-state index contributed by atoms with van der Waals surface area (Å²) in [5.74, 6) is 0.0899. The molecule has 1 aromatic heterocycles. The van der Waals surface area contributed by atoms with Crippen molar-refractivity contribution >= 4 is 50.7 Å². The second-order valence-electron chi connectivity index (χ2n) is 7.17. The molecule has 0 bridgehead atoms. The van der Waals surface area contributed by atoms with E-state index >= 15 is 0 Å². The zero-order valence-electron chi connectivity index (χ0n) is 16.9. The molecule has 3 rings (SSSR count). The fourth-order valence-corrected chi connectivity index (χ4v) is 5.02. The molecule has 30 heavy (non-hydrogen) atoms. The van der Waals surface area contributed by atoms with Crippen LogP contribution in [0.2, 0.25) is 4.34 Å². The first-order valence-electron chi connectivity index (χ1n) is 9.59. The average molecular weight is 516 g/mol. The largest absolute Gasteiger partial charge is 0.483 e. The van der Waals surface area contributed by atoms with Gasteiger partial charge in [-0.3, -0.25) is 14.5 Å². The molecule has 0 aliphatic carbocycles. The van der Waals surface area contributed by atoms with Crippen molar-refractivity contribution in [1.29, 1.82) is 0 Å². The molecule has 9 heteroatoms. The molecular formula is C21H24BrClN2O4S. The number of hydrogen-bond acceptors (Lipinski definition) is 6. The Kier molecular flexibility index (Phi) is 8.16. The van der Waals surface area contributed by atoms with E-state index in [1.165, 1.54) is 12.0 Å². The lowest BCUT2D eigenvalue weighted by atomic mass is 10.1. The van der Waals surface area contributed by atoms with Crippen LogP contribution in [0.5, 0.6) is 5.75 Å². The van der Waals surface area contributed by atoms with Crippen LogP contribution in [-0.2, 0) is 27.3 Å². The van der Waals surface area contributed by atoms with Crippen LogP contribution < -0.4 is 4.74 Å². The highest BCUT2D eigenvalue weighted by Crippen LogP contribution is 2.25. The minimum absolute atomic E-state index is 0.0618. The van der Waals surface area contributed by atoms with E-state index in [0.29, 0.717) is 17.9 Å². The van der Waals surface area contributed by atoms with Gasteiger partial charge in [0, 0.05) is 47.1 Å². The van der Waals surface area contributed by atoms with Crippen molar-refractivity contribution in [3.05, 3.63) is 49.6 Å². The second kappa shape index (κ2) is 10.6. The lowest BCUT2D eigenvalue weighted by molar-refractivity contribution is -0.139. The molecule has 2 heterocycles. The Balaban J connectivity index is 1.55. The number of rotatable bonds is 7. The van der Waals surface area contributed by atoms with Gasteiger partial charge in [-0.15, -0.1) is 11.3 Å². The number of esters is 1. The standard InChI is InChI=1S/C21H24BrClN2O4S/c1-14-11-24(12-17-4-6-19(23)30-17)7-8-25(14)20(26)13-29-18-5-3-16(22)9-15(18)10-21(27)28-2/h3-6,9,14H,7-8,10-13H2,1-2H3/t14-/m1/s1. The number of methoxy groups -OCH3 is 1. The lowest BCUT2D eigenvalue weighted by Crippen LogP contribution is -2.54. The predicted octanol–water partition coefficient (Wildman–Crippen LogP) is 3.99. The van der Waals surface area contributed by atoms with E-state index in [-0.39, 0.29) is 30.9 Å². The summed E-state index contributed by atoms with van der Waals surface area (Å²) in [7, 11) is 1.35. The fraction of sp³-hybridized carbons (Fsp3) is 0.429. The summed E-state index contributed by atoms with van der Waals surface area (Å²) in [6, 6.07) is 9.42. The number of piperazine rings is 1. The molecule has 0 radical (unpaired) electrons. The fourth-order valence-electron chi connectivity index (χ4n) is 3.48. The maximum absolute atomic E-state index is 12.8. The van der Waals surface area contributed by atoms with Gasteiger partial charge >= 0.3 is 5.97 Å². The van der Waals surface area contributed by atoms with Crippen LogP contribution in [0.15, 0.2) is 34.8 Å². The summed E-state index contributed by atoms with van der Waals surface area (Å²) < 4.78 is 12.1. The van der Waals surface area contributed by atoms with Crippen molar-refractivity contribution in [2.45, 2.75) is 25.9 Å². The molecular weight excluding hydrogens is 492 g/mol. The Morgan fingerprint density at radius 1 is 1.27 bits per heavy atom. The molecule has 6 nitrogen and oxygen atoms in total. The van der Waals surface area contributed by atoms with E-state index in [4.69, 9.17) is 21.1 Å². The first-order valence-corrected chi connectivity index (χ1v) is 11.6. The smallest absolute Gasteiger partial charge is 0.310 e. The van der Waals surface area contributed by atoms with E-state index in [2.05, 4.69) is 20.8 Å². The van der Waals surface area contributed by atoms with Gasteiger partial charge < -0.3 is 14.4 Å². The normalized spacial score (nSPS) is 17.1. The summed E-state index contributed by atoms with van der Waals surface area (Å²) in [4.78, 5) is 29.8. The van der Waals surface area contributed by atoms with Gasteiger partial charge in [0.05, 0.1) is 17.9 Å². The first-order chi connectivity index (χ1) is 14.4. The third kappa shape index (κ3) is 6.20. The Labute approximate surface area is 193 Å². The van der Waals surface area contributed by atoms with Gasteiger partial charge in [0.2, 0.25) is 0 Å². The van der Waals surface area contributed by atoms with Gasteiger partial charge in [0.15, 0.2) is 6.61 Å². The lowest BCUT2D eigenvalue weighted by Gasteiger charge is -2.39. The molecule has 0 unspecified atom stereocenters. The quantitative estimate of drug-likeness (QED) is 0.522.